The van der Waals surface area contributed by atoms with E-state index in [0.717, 1.165) is 37.7 Å². The van der Waals surface area contributed by atoms with Gasteiger partial charge in [-0.2, -0.15) is 0 Å². The molecule has 5 fully saturated rings. The normalized spacial score (nSPS) is 43.6. The number of ether oxygens (including phenoxy) is 8. The molecular formula is C49H76O16. The number of allylic oxidation sites excluding steroid dienone is 2. The number of esters is 4. The third-order valence-electron chi connectivity index (χ3n) is 16.6. The number of fused-ring (bicyclic) bond motifs is 5. The van der Waals surface area contributed by atoms with Crippen molar-refractivity contribution in [1.29, 1.82) is 0 Å². The minimum atomic E-state index is -1.59. The second-order valence-corrected chi connectivity index (χ2v) is 21.5. The Balaban J connectivity index is 1.30. The van der Waals surface area contributed by atoms with E-state index in [1.54, 1.807) is 0 Å². The lowest BCUT2D eigenvalue weighted by Crippen LogP contribution is -2.63. The summed E-state index contributed by atoms with van der Waals surface area (Å²) in [6.07, 6.45) is -3.89. The van der Waals surface area contributed by atoms with Gasteiger partial charge in [0.1, 0.15) is 31.0 Å². The lowest BCUT2D eigenvalue weighted by molar-refractivity contribution is -0.317. The fourth-order valence-corrected chi connectivity index (χ4v) is 13.6. The Morgan fingerprint density at radius 2 is 1.42 bits per heavy atom. The van der Waals surface area contributed by atoms with E-state index in [-0.39, 0.29) is 47.7 Å². The topological polar surface area (TPSA) is 223 Å². The van der Waals surface area contributed by atoms with E-state index in [9.17, 15) is 39.6 Å². The molecule has 16 nitrogen and oxygen atoms in total. The number of aliphatic hydroxyl groups is 4. The van der Waals surface area contributed by atoms with Gasteiger partial charge in [0.2, 0.25) is 0 Å². The van der Waals surface area contributed by atoms with Crippen LogP contribution in [-0.4, -0.2) is 131 Å². The molecular weight excluding hydrogens is 845 g/mol. The van der Waals surface area contributed by atoms with Crippen LogP contribution in [0, 0.1) is 45.3 Å². The van der Waals surface area contributed by atoms with Gasteiger partial charge in [-0.3, -0.25) is 19.2 Å². The highest BCUT2D eigenvalue weighted by Gasteiger charge is 2.72. The molecule has 6 rings (SSSR count). The van der Waals surface area contributed by atoms with Crippen molar-refractivity contribution in [3.63, 3.8) is 0 Å². The molecule has 0 amide bonds. The first-order valence-electron chi connectivity index (χ1n) is 23.6. The van der Waals surface area contributed by atoms with E-state index >= 15 is 0 Å². The molecule has 0 bridgehead atoms. The number of aliphatic hydroxyl groups excluding tert-OH is 4. The fourth-order valence-electron chi connectivity index (χ4n) is 13.6. The quantitative estimate of drug-likeness (QED) is 0.110. The Morgan fingerprint density at radius 3 is 2.03 bits per heavy atom. The Morgan fingerprint density at radius 1 is 0.769 bits per heavy atom. The second-order valence-electron chi connectivity index (χ2n) is 21.5. The summed E-state index contributed by atoms with van der Waals surface area (Å²) in [7, 11) is 0. The zero-order valence-electron chi connectivity index (χ0n) is 40.4. The van der Waals surface area contributed by atoms with Crippen LogP contribution in [0.5, 0.6) is 0 Å². The van der Waals surface area contributed by atoms with Crippen LogP contribution >= 0.6 is 0 Å². The van der Waals surface area contributed by atoms with Crippen LogP contribution in [0.2, 0.25) is 0 Å². The van der Waals surface area contributed by atoms with Gasteiger partial charge < -0.3 is 58.3 Å². The Bertz CT molecular complexity index is 1830. The number of hydrogen-bond donors (Lipinski definition) is 4. The van der Waals surface area contributed by atoms with Crippen molar-refractivity contribution in [2.45, 2.75) is 202 Å². The molecule has 65 heavy (non-hydrogen) atoms. The van der Waals surface area contributed by atoms with Gasteiger partial charge in [0.05, 0.1) is 24.9 Å². The molecule has 0 aromatic heterocycles. The molecule has 2 heterocycles. The zero-order valence-corrected chi connectivity index (χ0v) is 40.4. The van der Waals surface area contributed by atoms with E-state index in [2.05, 4.69) is 61.5 Å². The molecule has 0 spiro atoms. The van der Waals surface area contributed by atoms with Crippen molar-refractivity contribution in [3.8, 4) is 0 Å². The summed E-state index contributed by atoms with van der Waals surface area (Å²) in [5, 5.41) is 47.0. The SMILES string of the molecule is CC(=O)OC[C@@H]1O[C@H](O[C@H]2C[C@]3(C)[C@@H]4[C@@H](O)C=C5[C@H](CC[C@H](O[C@@H]6OC[C@H](OC(C)=O)[C@H](OC(C)=O)[C@@H]6O)C5(C)C)[C@]4(C)CC[C@@]3(C)[C@@H]2[C@@H](C)CCC=C(C)C)[C@H](O)[C@@H](O)[C@H]1OC(C)=O. The molecule has 0 unspecified atom stereocenters. The summed E-state index contributed by atoms with van der Waals surface area (Å²) in [4.78, 5) is 47.8. The first-order chi connectivity index (χ1) is 30.3. The average molecular weight is 921 g/mol. The van der Waals surface area contributed by atoms with Gasteiger partial charge in [-0.15, -0.1) is 0 Å². The molecule has 19 atom stereocenters. The molecule has 0 aromatic rings. The standard InChI is InChI=1S/C49H76O16/c1-24(2)14-13-15-25(3)37-33(63-45-39(56)38(55)41(61-28(6)52)35(64-45)22-58-26(4)50)21-49(12)43-32(54)20-31-30(47(43,10)18-19-48(37,49)11)16-17-36(46(31,8)9)65-44-40(57)42(62-29(7)53)34(23-59-44)60-27(5)51/h14,20,25,30,32-45,54-57H,13,15-19,21-23H2,1-12H3/t25-,30-,32-,33-,34-,35-,36-,37+,38+,39+,40-,41-,42-,43+,44-,45-,47-,48-,49+/m0/s1. The molecule has 4 N–H and O–H groups in total. The minimum Gasteiger partial charge on any atom is -0.463 e. The van der Waals surface area contributed by atoms with Crippen molar-refractivity contribution >= 4 is 23.9 Å². The van der Waals surface area contributed by atoms with Crippen LogP contribution in [0.4, 0.5) is 0 Å². The second kappa shape index (κ2) is 19.6. The summed E-state index contributed by atoms with van der Waals surface area (Å²) in [6, 6.07) is 0. The third-order valence-corrected chi connectivity index (χ3v) is 16.6. The van der Waals surface area contributed by atoms with Crippen molar-refractivity contribution in [2.24, 2.45) is 45.3 Å². The summed E-state index contributed by atoms with van der Waals surface area (Å²) in [5.74, 6) is -2.55. The molecule has 2 aliphatic heterocycles. The number of carbonyl (C=O) groups excluding carboxylic acids is 4. The smallest absolute Gasteiger partial charge is 0.303 e. The first kappa shape index (κ1) is 51.4. The number of hydrogen-bond acceptors (Lipinski definition) is 16. The first-order valence-corrected chi connectivity index (χ1v) is 23.6. The monoisotopic (exact) mass is 921 g/mol. The Hall–Kier alpha value is -2.96. The van der Waals surface area contributed by atoms with E-state index in [0.29, 0.717) is 12.8 Å². The van der Waals surface area contributed by atoms with E-state index < -0.39 is 108 Å². The van der Waals surface area contributed by atoms with Crippen molar-refractivity contribution < 1.29 is 77.5 Å². The summed E-state index contributed by atoms with van der Waals surface area (Å²) >= 11 is 0. The Labute approximate surface area is 384 Å². The molecule has 4 aliphatic carbocycles. The number of carbonyl (C=O) groups is 4. The van der Waals surface area contributed by atoms with Crippen molar-refractivity contribution in [1.82, 2.24) is 0 Å². The molecule has 6 aliphatic rings. The predicted molar refractivity (Wildman–Crippen MR) is 233 cm³/mol. The van der Waals surface area contributed by atoms with E-state index in [1.165, 1.54) is 33.3 Å². The highest BCUT2D eigenvalue weighted by atomic mass is 16.7. The van der Waals surface area contributed by atoms with E-state index in [4.69, 9.17) is 37.9 Å². The molecule has 16 heteroatoms. The minimum absolute atomic E-state index is 0.0509. The lowest BCUT2D eigenvalue weighted by Gasteiger charge is -2.67. The van der Waals surface area contributed by atoms with Crippen LogP contribution in [0.25, 0.3) is 0 Å². The third kappa shape index (κ3) is 9.84. The van der Waals surface area contributed by atoms with Gasteiger partial charge in [0, 0.05) is 39.0 Å². The van der Waals surface area contributed by atoms with Gasteiger partial charge in [-0.1, -0.05) is 64.8 Å². The van der Waals surface area contributed by atoms with Crippen LogP contribution in [0.1, 0.15) is 128 Å². The van der Waals surface area contributed by atoms with Gasteiger partial charge in [0.25, 0.3) is 0 Å². The Kier molecular flexibility index (Phi) is 15.5. The maximum Gasteiger partial charge on any atom is 0.303 e. The molecule has 2 saturated heterocycles. The largest absolute Gasteiger partial charge is 0.463 e. The number of rotatable bonds is 13. The van der Waals surface area contributed by atoms with Crippen LogP contribution in [0.15, 0.2) is 23.3 Å². The predicted octanol–water partition coefficient (Wildman–Crippen LogP) is 4.85. The van der Waals surface area contributed by atoms with Crippen LogP contribution in [0.3, 0.4) is 0 Å². The zero-order chi connectivity index (χ0) is 48.1. The van der Waals surface area contributed by atoms with Crippen molar-refractivity contribution in [2.75, 3.05) is 13.2 Å². The highest BCUT2D eigenvalue weighted by Crippen LogP contribution is 2.75. The molecule has 3 saturated carbocycles. The summed E-state index contributed by atoms with van der Waals surface area (Å²) < 4.78 is 47.1. The lowest BCUT2D eigenvalue weighted by atomic mass is 9.38. The summed E-state index contributed by atoms with van der Waals surface area (Å²) in [5.41, 5.74) is 0.509. The molecule has 0 aromatic carbocycles. The maximum absolute atomic E-state index is 12.7. The summed E-state index contributed by atoms with van der Waals surface area (Å²) in [6.45, 7) is 21.9. The molecule has 368 valence electrons. The van der Waals surface area contributed by atoms with Crippen molar-refractivity contribution in [3.05, 3.63) is 23.3 Å². The fraction of sp³-hybridized carbons (Fsp3) is 0.837. The van der Waals surface area contributed by atoms with Gasteiger partial charge in [0.15, 0.2) is 30.9 Å². The van der Waals surface area contributed by atoms with Gasteiger partial charge in [-0.25, -0.2) is 0 Å². The van der Waals surface area contributed by atoms with E-state index in [1.807, 2.05) is 6.08 Å². The molecule has 0 radical (unpaired) electrons. The maximum atomic E-state index is 12.7. The van der Waals surface area contributed by atoms with Gasteiger partial charge in [-0.05, 0) is 92.8 Å². The average Bonchev–Trinajstić information content (AvgIpc) is 3.42. The van der Waals surface area contributed by atoms with Crippen LogP contribution < -0.4 is 0 Å². The van der Waals surface area contributed by atoms with Gasteiger partial charge >= 0.3 is 23.9 Å². The highest BCUT2D eigenvalue weighted by molar-refractivity contribution is 5.68. The van der Waals surface area contributed by atoms with Crippen LogP contribution in [-0.2, 0) is 57.1 Å².